The molecule has 0 amide bonds. The lowest BCUT2D eigenvalue weighted by Gasteiger charge is -2.27. The molecule has 0 aliphatic carbocycles. The molecule has 1 aliphatic heterocycles. The van der Waals surface area contributed by atoms with E-state index in [4.69, 9.17) is 5.73 Å². The first-order valence-electron chi connectivity index (χ1n) is 6.67. The SMILES string of the molecule is Cc1ccc(F)cc1C1CN=C(N)N1c1ccc(Br)cc1. The molecule has 2 N–H and O–H groups in total. The Hall–Kier alpha value is -1.88. The lowest BCUT2D eigenvalue weighted by Crippen LogP contribution is -2.36. The first-order chi connectivity index (χ1) is 10.1. The van der Waals surface area contributed by atoms with Gasteiger partial charge in [0.15, 0.2) is 5.96 Å². The summed E-state index contributed by atoms with van der Waals surface area (Å²) in [5.74, 6) is 0.225. The fourth-order valence-corrected chi connectivity index (χ4v) is 2.88. The summed E-state index contributed by atoms with van der Waals surface area (Å²) in [6.45, 7) is 2.51. The molecule has 0 bridgehead atoms. The van der Waals surface area contributed by atoms with Crippen LogP contribution >= 0.6 is 15.9 Å². The van der Waals surface area contributed by atoms with Crippen molar-refractivity contribution in [1.29, 1.82) is 0 Å². The molecule has 2 aromatic rings. The van der Waals surface area contributed by atoms with Crippen molar-refractivity contribution in [3.8, 4) is 0 Å². The predicted octanol–water partition coefficient (Wildman–Crippen LogP) is 3.77. The highest BCUT2D eigenvalue weighted by molar-refractivity contribution is 9.10. The summed E-state index contributed by atoms with van der Waals surface area (Å²) in [6.07, 6.45) is 0. The Morgan fingerprint density at radius 3 is 2.67 bits per heavy atom. The van der Waals surface area contributed by atoms with E-state index in [-0.39, 0.29) is 11.9 Å². The molecule has 0 spiro atoms. The number of nitrogens with zero attached hydrogens (tertiary/aromatic N) is 2. The average molecular weight is 348 g/mol. The number of rotatable bonds is 2. The van der Waals surface area contributed by atoms with E-state index in [0.29, 0.717) is 12.5 Å². The second-order valence-electron chi connectivity index (χ2n) is 5.06. The van der Waals surface area contributed by atoms with Crippen LogP contribution in [0.2, 0.25) is 0 Å². The highest BCUT2D eigenvalue weighted by Gasteiger charge is 2.30. The first kappa shape index (κ1) is 14.1. The van der Waals surface area contributed by atoms with Crippen LogP contribution in [-0.4, -0.2) is 12.5 Å². The Kier molecular flexibility index (Phi) is 3.68. The van der Waals surface area contributed by atoms with Crippen LogP contribution in [0.1, 0.15) is 17.2 Å². The summed E-state index contributed by atoms with van der Waals surface area (Å²) in [7, 11) is 0. The highest BCUT2D eigenvalue weighted by atomic mass is 79.9. The maximum atomic E-state index is 13.6. The van der Waals surface area contributed by atoms with Gasteiger partial charge in [0.1, 0.15) is 5.82 Å². The summed E-state index contributed by atoms with van der Waals surface area (Å²) in [6, 6.07) is 12.6. The van der Waals surface area contributed by atoms with E-state index in [9.17, 15) is 4.39 Å². The topological polar surface area (TPSA) is 41.6 Å². The van der Waals surface area contributed by atoms with E-state index in [2.05, 4.69) is 20.9 Å². The Bertz CT molecular complexity index is 697. The molecular weight excluding hydrogens is 333 g/mol. The molecule has 2 aromatic carbocycles. The number of hydrogen-bond acceptors (Lipinski definition) is 3. The van der Waals surface area contributed by atoms with Crippen LogP contribution in [0.15, 0.2) is 51.9 Å². The zero-order valence-corrected chi connectivity index (χ0v) is 13.1. The summed E-state index contributed by atoms with van der Waals surface area (Å²) in [4.78, 5) is 6.28. The number of aryl methyl sites for hydroxylation is 1. The minimum Gasteiger partial charge on any atom is -0.369 e. The monoisotopic (exact) mass is 347 g/mol. The Labute approximate surface area is 131 Å². The fraction of sp³-hybridized carbons (Fsp3) is 0.188. The molecule has 3 nitrogen and oxygen atoms in total. The van der Waals surface area contributed by atoms with Gasteiger partial charge in [0.2, 0.25) is 0 Å². The van der Waals surface area contributed by atoms with Gasteiger partial charge in [-0.05, 0) is 54.4 Å². The molecule has 0 saturated carbocycles. The van der Waals surface area contributed by atoms with Crippen molar-refractivity contribution in [2.75, 3.05) is 11.4 Å². The van der Waals surface area contributed by atoms with Crippen LogP contribution in [-0.2, 0) is 0 Å². The quantitative estimate of drug-likeness (QED) is 0.898. The Morgan fingerprint density at radius 1 is 1.24 bits per heavy atom. The molecule has 108 valence electrons. The van der Waals surface area contributed by atoms with Crippen LogP contribution in [0.4, 0.5) is 10.1 Å². The molecular formula is C16H15BrFN3. The zero-order chi connectivity index (χ0) is 15.0. The standard InChI is InChI=1S/C16H15BrFN3/c1-10-2-5-12(18)8-14(10)15-9-20-16(19)21(15)13-6-3-11(17)4-7-13/h2-8,15H,9H2,1H3,(H2,19,20). The first-order valence-corrected chi connectivity index (χ1v) is 7.46. The number of halogens is 2. The van der Waals surface area contributed by atoms with Gasteiger partial charge < -0.3 is 10.6 Å². The number of benzene rings is 2. The van der Waals surface area contributed by atoms with Gasteiger partial charge in [-0.1, -0.05) is 22.0 Å². The number of guanidine groups is 1. The maximum Gasteiger partial charge on any atom is 0.196 e. The minimum atomic E-state index is -0.239. The summed E-state index contributed by atoms with van der Waals surface area (Å²) in [5, 5.41) is 0. The molecule has 3 rings (SSSR count). The number of nitrogens with two attached hydrogens (primary N) is 1. The third kappa shape index (κ3) is 2.65. The zero-order valence-electron chi connectivity index (χ0n) is 11.6. The van der Waals surface area contributed by atoms with Crippen LogP contribution in [0.25, 0.3) is 0 Å². The van der Waals surface area contributed by atoms with E-state index in [0.717, 1.165) is 21.3 Å². The van der Waals surface area contributed by atoms with Crippen LogP contribution in [0.3, 0.4) is 0 Å². The van der Waals surface area contributed by atoms with Gasteiger partial charge in [0, 0.05) is 10.2 Å². The average Bonchev–Trinajstić information content (AvgIpc) is 2.84. The normalized spacial score (nSPS) is 18.0. The molecule has 1 heterocycles. The van der Waals surface area contributed by atoms with Crippen molar-refractivity contribution < 1.29 is 4.39 Å². The van der Waals surface area contributed by atoms with Crippen LogP contribution in [0, 0.1) is 12.7 Å². The van der Waals surface area contributed by atoms with Crippen molar-refractivity contribution in [3.63, 3.8) is 0 Å². The summed E-state index contributed by atoms with van der Waals surface area (Å²) < 4.78 is 14.6. The summed E-state index contributed by atoms with van der Waals surface area (Å²) in [5.41, 5.74) is 8.94. The van der Waals surface area contributed by atoms with E-state index in [1.165, 1.54) is 6.07 Å². The van der Waals surface area contributed by atoms with Crippen molar-refractivity contribution in [2.24, 2.45) is 10.7 Å². The van der Waals surface area contributed by atoms with Crippen molar-refractivity contribution in [2.45, 2.75) is 13.0 Å². The molecule has 1 atom stereocenters. The lowest BCUT2D eigenvalue weighted by atomic mass is 10.00. The molecule has 0 aromatic heterocycles. The molecule has 1 unspecified atom stereocenters. The van der Waals surface area contributed by atoms with E-state index in [1.807, 2.05) is 36.1 Å². The number of anilines is 1. The fourth-order valence-electron chi connectivity index (χ4n) is 2.62. The Morgan fingerprint density at radius 2 is 1.95 bits per heavy atom. The molecule has 0 radical (unpaired) electrons. The van der Waals surface area contributed by atoms with Crippen molar-refractivity contribution in [3.05, 3.63) is 63.9 Å². The van der Waals surface area contributed by atoms with Gasteiger partial charge in [0.25, 0.3) is 0 Å². The molecule has 1 aliphatic rings. The maximum absolute atomic E-state index is 13.6. The van der Waals surface area contributed by atoms with Gasteiger partial charge in [0.05, 0.1) is 12.6 Å². The highest BCUT2D eigenvalue weighted by Crippen LogP contribution is 2.33. The summed E-state index contributed by atoms with van der Waals surface area (Å²) >= 11 is 3.42. The molecule has 21 heavy (non-hydrogen) atoms. The Balaban J connectivity index is 2.02. The minimum absolute atomic E-state index is 0.0677. The van der Waals surface area contributed by atoms with Gasteiger partial charge in [-0.15, -0.1) is 0 Å². The van der Waals surface area contributed by atoms with Gasteiger partial charge in [-0.2, -0.15) is 0 Å². The molecule has 5 heteroatoms. The second-order valence-corrected chi connectivity index (χ2v) is 5.98. The third-order valence-electron chi connectivity index (χ3n) is 3.69. The number of hydrogen-bond donors (Lipinski definition) is 1. The molecule has 0 saturated heterocycles. The van der Waals surface area contributed by atoms with Crippen molar-refractivity contribution >= 4 is 27.6 Å². The largest absolute Gasteiger partial charge is 0.369 e. The van der Waals surface area contributed by atoms with Crippen LogP contribution in [0.5, 0.6) is 0 Å². The van der Waals surface area contributed by atoms with Crippen molar-refractivity contribution in [1.82, 2.24) is 0 Å². The van der Waals surface area contributed by atoms with E-state index < -0.39 is 0 Å². The van der Waals surface area contributed by atoms with E-state index >= 15 is 0 Å². The number of aliphatic imine (C=N–C) groups is 1. The van der Waals surface area contributed by atoms with Gasteiger partial charge in [-0.3, -0.25) is 4.99 Å². The predicted molar refractivity (Wildman–Crippen MR) is 87.0 cm³/mol. The smallest absolute Gasteiger partial charge is 0.196 e. The lowest BCUT2D eigenvalue weighted by molar-refractivity contribution is 0.620. The third-order valence-corrected chi connectivity index (χ3v) is 4.22. The van der Waals surface area contributed by atoms with Gasteiger partial charge in [-0.25, -0.2) is 4.39 Å². The second kappa shape index (κ2) is 5.48. The van der Waals surface area contributed by atoms with E-state index in [1.54, 1.807) is 12.1 Å². The van der Waals surface area contributed by atoms with Gasteiger partial charge >= 0.3 is 0 Å². The van der Waals surface area contributed by atoms with Crippen LogP contribution < -0.4 is 10.6 Å². The molecule has 0 fully saturated rings.